The van der Waals surface area contributed by atoms with E-state index in [0.29, 0.717) is 29.9 Å². The molecule has 0 saturated heterocycles. The van der Waals surface area contributed by atoms with Crippen molar-refractivity contribution < 1.29 is 4.74 Å². The van der Waals surface area contributed by atoms with Crippen molar-refractivity contribution in [2.75, 3.05) is 6.61 Å². The maximum atomic E-state index is 9.09. The molecule has 3 aromatic rings. The summed E-state index contributed by atoms with van der Waals surface area (Å²) >= 11 is 0. The lowest BCUT2D eigenvalue weighted by molar-refractivity contribution is 0.230. The fourth-order valence-corrected chi connectivity index (χ4v) is 3.42. The van der Waals surface area contributed by atoms with E-state index in [1.165, 1.54) is 0 Å². The Morgan fingerprint density at radius 2 is 1.93 bits per heavy atom. The van der Waals surface area contributed by atoms with Crippen LogP contribution in [0.25, 0.3) is 22.0 Å². The van der Waals surface area contributed by atoms with Gasteiger partial charge in [0.05, 0.1) is 23.8 Å². The number of hydrogen-bond donors (Lipinski definition) is 0. The van der Waals surface area contributed by atoms with Gasteiger partial charge in [-0.1, -0.05) is 26.8 Å². The summed E-state index contributed by atoms with van der Waals surface area (Å²) in [6.45, 7) is 9.37. The molecule has 2 heterocycles. The Bertz CT molecular complexity index is 989. The normalized spacial score (nSPS) is 12.1. The average molecular weight is 359 g/mol. The lowest BCUT2D eigenvalue weighted by Crippen LogP contribution is -2.12. The van der Waals surface area contributed by atoms with E-state index in [0.717, 1.165) is 34.0 Å². The molecule has 0 aliphatic heterocycles. The maximum Gasteiger partial charge on any atom is 0.216 e. The van der Waals surface area contributed by atoms with E-state index in [9.17, 15) is 0 Å². The smallest absolute Gasteiger partial charge is 0.216 e. The number of pyridine rings is 2. The minimum atomic E-state index is 0.504. The second kappa shape index (κ2) is 8.18. The third kappa shape index (κ3) is 4.43. The number of nitrogens with zero attached hydrogens (tertiary/aromatic N) is 3. The summed E-state index contributed by atoms with van der Waals surface area (Å²) in [6.07, 6.45) is 4.76. The maximum absolute atomic E-state index is 9.09. The molecule has 3 rings (SSSR count). The van der Waals surface area contributed by atoms with Gasteiger partial charge in [-0.05, 0) is 55.0 Å². The van der Waals surface area contributed by atoms with Gasteiger partial charge < -0.3 is 4.74 Å². The highest BCUT2D eigenvalue weighted by atomic mass is 16.5. The molecule has 2 aromatic heterocycles. The number of rotatable bonds is 6. The van der Waals surface area contributed by atoms with Gasteiger partial charge in [0.2, 0.25) is 5.88 Å². The molecule has 0 saturated carbocycles. The molecule has 1 aromatic carbocycles. The van der Waals surface area contributed by atoms with Gasteiger partial charge in [-0.2, -0.15) is 5.26 Å². The highest BCUT2D eigenvalue weighted by Crippen LogP contribution is 2.30. The highest BCUT2D eigenvalue weighted by Gasteiger charge is 2.11. The Morgan fingerprint density at radius 3 is 2.63 bits per heavy atom. The molecule has 27 heavy (non-hydrogen) atoms. The zero-order chi connectivity index (χ0) is 19.4. The molecule has 4 heteroatoms. The zero-order valence-corrected chi connectivity index (χ0v) is 16.4. The fourth-order valence-electron chi connectivity index (χ4n) is 3.42. The molecule has 138 valence electrons. The predicted octanol–water partition coefficient (Wildman–Crippen LogP) is 5.54. The molecular formula is C23H25N3O. The molecular weight excluding hydrogens is 334 g/mol. The SMILES string of the molecule is Cc1cc(-c2ccnc3cc(C#N)ccc23)cnc1OCC(C)CC(C)C. The van der Waals surface area contributed by atoms with Crippen LogP contribution in [-0.2, 0) is 0 Å². The molecule has 0 aliphatic rings. The van der Waals surface area contributed by atoms with Crippen LogP contribution in [-0.4, -0.2) is 16.6 Å². The van der Waals surface area contributed by atoms with Gasteiger partial charge in [0.15, 0.2) is 0 Å². The largest absolute Gasteiger partial charge is 0.477 e. The van der Waals surface area contributed by atoms with E-state index < -0.39 is 0 Å². The van der Waals surface area contributed by atoms with Gasteiger partial charge in [0.25, 0.3) is 0 Å². The first-order valence-corrected chi connectivity index (χ1v) is 9.36. The Labute approximate surface area is 160 Å². The minimum Gasteiger partial charge on any atom is -0.477 e. The third-order valence-electron chi connectivity index (χ3n) is 4.59. The molecule has 0 radical (unpaired) electrons. The van der Waals surface area contributed by atoms with Gasteiger partial charge in [-0.25, -0.2) is 4.98 Å². The first kappa shape index (κ1) is 18.8. The van der Waals surface area contributed by atoms with Crippen LogP contribution in [0.15, 0.2) is 42.7 Å². The Balaban J connectivity index is 1.86. The number of benzene rings is 1. The highest BCUT2D eigenvalue weighted by molar-refractivity contribution is 5.94. The van der Waals surface area contributed by atoms with Crippen molar-refractivity contribution in [1.82, 2.24) is 9.97 Å². The van der Waals surface area contributed by atoms with Crippen molar-refractivity contribution >= 4 is 10.9 Å². The first-order valence-electron chi connectivity index (χ1n) is 9.36. The Morgan fingerprint density at radius 1 is 1.11 bits per heavy atom. The van der Waals surface area contributed by atoms with E-state index in [-0.39, 0.29) is 0 Å². The second-order valence-electron chi connectivity index (χ2n) is 7.59. The number of nitriles is 1. The van der Waals surface area contributed by atoms with Crippen LogP contribution in [0.3, 0.4) is 0 Å². The summed E-state index contributed by atoms with van der Waals surface area (Å²) in [6, 6.07) is 11.8. The van der Waals surface area contributed by atoms with Gasteiger partial charge in [0, 0.05) is 28.9 Å². The molecule has 1 unspecified atom stereocenters. The van der Waals surface area contributed by atoms with Crippen molar-refractivity contribution in [3.63, 3.8) is 0 Å². The van der Waals surface area contributed by atoms with Gasteiger partial charge in [0.1, 0.15) is 0 Å². The molecule has 4 nitrogen and oxygen atoms in total. The summed E-state index contributed by atoms with van der Waals surface area (Å²) in [5.74, 6) is 1.87. The minimum absolute atomic E-state index is 0.504. The molecule has 0 fully saturated rings. The third-order valence-corrected chi connectivity index (χ3v) is 4.59. The van der Waals surface area contributed by atoms with E-state index in [2.05, 4.69) is 42.9 Å². The standard InChI is InChI=1S/C23H25N3O/c1-15(2)9-16(3)14-27-23-17(4)10-19(13-26-23)20-7-8-25-22-11-18(12-24)5-6-21(20)22/h5-8,10-11,13,15-16H,9,14H2,1-4H3. The summed E-state index contributed by atoms with van der Waals surface area (Å²) in [4.78, 5) is 8.94. The van der Waals surface area contributed by atoms with Crippen molar-refractivity contribution in [3.8, 4) is 23.1 Å². The van der Waals surface area contributed by atoms with Crippen LogP contribution in [0.1, 0.15) is 38.3 Å². The number of aromatic nitrogens is 2. The lowest BCUT2D eigenvalue weighted by atomic mass is 10.00. The number of aryl methyl sites for hydroxylation is 1. The van der Waals surface area contributed by atoms with Gasteiger partial charge in [-0.15, -0.1) is 0 Å². The quantitative estimate of drug-likeness (QED) is 0.580. The molecule has 0 amide bonds. The number of ether oxygens (including phenoxy) is 1. The summed E-state index contributed by atoms with van der Waals surface area (Å²) < 4.78 is 5.95. The number of hydrogen-bond acceptors (Lipinski definition) is 4. The average Bonchev–Trinajstić information content (AvgIpc) is 2.65. The monoisotopic (exact) mass is 359 g/mol. The van der Waals surface area contributed by atoms with Crippen LogP contribution in [0.2, 0.25) is 0 Å². The molecule has 0 aliphatic carbocycles. The number of fused-ring (bicyclic) bond motifs is 1. The van der Waals surface area contributed by atoms with Crippen LogP contribution < -0.4 is 4.74 Å². The Kier molecular flexibility index (Phi) is 5.71. The van der Waals surface area contributed by atoms with E-state index in [4.69, 9.17) is 10.00 Å². The van der Waals surface area contributed by atoms with Crippen molar-refractivity contribution in [3.05, 3.63) is 53.9 Å². The van der Waals surface area contributed by atoms with E-state index >= 15 is 0 Å². The van der Waals surface area contributed by atoms with Crippen molar-refractivity contribution in [2.24, 2.45) is 11.8 Å². The fraction of sp³-hybridized carbons (Fsp3) is 0.348. The van der Waals surface area contributed by atoms with Gasteiger partial charge >= 0.3 is 0 Å². The second-order valence-corrected chi connectivity index (χ2v) is 7.59. The lowest BCUT2D eigenvalue weighted by Gasteiger charge is -2.16. The van der Waals surface area contributed by atoms with Crippen LogP contribution in [0.5, 0.6) is 5.88 Å². The summed E-state index contributed by atoms with van der Waals surface area (Å²) in [5, 5.41) is 10.1. The molecule has 0 spiro atoms. The topological polar surface area (TPSA) is 58.8 Å². The first-order chi connectivity index (χ1) is 13.0. The van der Waals surface area contributed by atoms with Crippen LogP contribution in [0, 0.1) is 30.1 Å². The molecule has 0 N–H and O–H groups in total. The Hall–Kier alpha value is -2.93. The molecule has 0 bridgehead atoms. The zero-order valence-electron chi connectivity index (χ0n) is 16.4. The van der Waals surface area contributed by atoms with Crippen LogP contribution in [0.4, 0.5) is 0 Å². The van der Waals surface area contributed by atoms with E-state index in [1.54, 1.807) is 6.20 Å². The molecule has 1 atom stereocenters. The van der Waals surface area contributed by atoms with E-state index in [1.807, 2.05) is 37.4 Å². The summed E-state index contributed by atoms with van der Waals surface area (Å²) in [7, 11) is 0. The summed E-state index contributed by atoms with van der Waals surface area (Å²) in [5.41, 5.74) is 4.52. The van der Waals surface area contributed by atoms with Crippen molar-refractivity contribution in [2.45, 2.75) is 34.1 Å². The van der Waals surface area contributed by atoms with Crippen LogP contribution >= 0.6 is 0 Å². The van der Waals surface area contributed by atoms with Crippen molar-refractivity contribution in [1.29, 1.82) is 5.26 Å². The van der Waals surface area contributed by atoms with Gasteiger partial charge in [-0.3, -0.25) is 4.98 Å². The predicted molar refractivity (Wildman–Crippen MR) is 109 cm³/mol.